The average molecular weight is 431 g/mol. The fraction of sp³-hybridized carbons (Fsp3) is 0.409. The van der Waals surface area contributed by atoms with Gasteiger partial charge in [-0.1, -0.05) is 18.2 Å². The van der Waals surface area contributed by atoms with Gasteiger partial charge in [0, 0.05) is 31.6 Å². The minimum Gasteiger partial charge on any atom is -0.350 e. The number of anilines is 1. The Labute approximate surface area is 177 Å². The third-order valence-corrected chi connectivity index (χ3v) is 7.54. The summed E-state index contributed by atoms with van der Waals surface area (Å²) in [6.07, 6.45) is 1.53. The topological polar surface area (TPSA) is 76.2 Å². The Hall–Kier alpha value is -2.42. The molecule has 0 unspecified atom stereocenters. The monoisotopic (exact) mass is 430 g/mol. The molecule has 0 bridgehead atoms. The zero-order valence-corrected chi connectivity index (χ0v) is 17.8. The molecule has 160 valence electrons. The van der Waals surface area contributed by atoms with E-state index in [1.165, 1.54) is 23.5 Å². The largest absolute Gasteiger partial charge is 0.350 e. The van der Waals surface area contributed by atoms with E-state index < -0.39 is 10.0 Å². The van der Waals surface area contributed by atoms with Crippen molar-refractivity contribution < 1.29 is 22.7 Å². The van der Waals surface area contributed by atoms with E-state index in [0.29, 0.717) is 43.5 Å². The number of nitrogens with zero attached hydrogens (tertiary/aromatic N) is 2. The van der Waals surface area contributed by atoms with E-state index in [0.717, 1.165) is 12.8 Å². The van der Waals surface area contributed by atoms with Crippen LogP contribution in [0.5, 0.6) is 0 Å². The molecule has 0 atom stereocenters. The third kappa shape index (κ3) is 4.21. The number of benzene rings is 2. The molecule has 0 radical (unpaired) electrons. The number of carbonyl (C=O) groups is 1. The van der Waals surface area contributed by atoms with Crippen LogP contribution >= 0.6 is 0 Å². The van der Waals surface area contributed by atoms with E-state index in [9.17, 15) is 13.2 Å². The van der Waals surface area contributed by atoms with Gasteiger partial charge in [-0.3, -0.25) is 9.10 Å². The summed E-state index contributed by atoms with van der Waals surface area (Å²) in [7, 11) is -2.18. The van der Waals surface area contributed by atoms with Gasteiger partial charge in [0.2, 0.25) is 0 Å². The predicted molar refractivity (Wildman–Crippen MR) is 113 cm³/mol. The van der Waals surface area contributed by atoms with Crippen molar-refractivity contribution in [2.24, 2.45) is 5.92 Å². The number of hydrogen-bond donors (Lipinski definition) is 0. The van der Waals surface area contributed by atoms with Crippen molar-refractivity contribution in [1.82, 2.24) is 4.90 Å². The fourth-order valence-electron chi connectivity index (χ4n) is 3.91. The number of hydrogen-bond acceptors (Lipinski definition) is 5. The zero-order valence-electron chi connectivity index (χ0n) is 16.9. The van der Waals surface area contributed by atoms with Gasteiger partial charge in [-0.25, -0.2) is 8.42 Å². The molecular weight excluding hydrogens is 404 g/mol. The number of likely N-dealkylation sites (tertiary alicyclic amines) is 1. The molecule has 0 aromatic heterocycles. The molecule has 0 saturated carbocycles. The standard InChI is InChI=1S/C22H26N2O5S/c1-23(19-5-3-2-4-6-19)30(26,27)20-9-7-17(8-10-20)21(25)24-13-11-18(12-14-24)22-28-15-16-29-22/h2-10,18,22H,11-16H2,1H3. The number of amides is 1. The van der Waals surface area contributed by atoms with Gasteiger partial charge in [0.05, 0.1) is 23.8 Å². The van der Waals surface area contributed by atoms with Crippen molar-refractivity contribution in [3.05, 3.63) is 60.2 Å². The first-order valence-electron chi connectivity index (χ1n) is 10.1. The lowest BCUT2D eigenvalue weighted by molar-refractivity contribution is -0.0956. The van der Waals surface area contributed by atoms with Crippen LogP contribution in [-0.2, 0) is 19.5 Å². The third-order valence-electron chi connectivity index (χ3n) is 5.74. The lowest BCUT2D eigenvalue weighted by atomic mass is 9.95. The van der Waals surface area contributed by atoms with Gasteiger partial charge in [0.1, 0.15) is 0 Å². The summed E-state index contributed by atoms with van der Waals surface area (Å²) in [6.45, 7) is 2.56. The molecule has 8 heteroatoms. The molecule has 7 nitrogen and oxygen atoms in total. The van der Waals surface area contributed by atoms with E-state index in [2.05, 4.69) is 0 Å². The Kier molecular flexibility index (Phi) is 6.08. The van der Waals surface area contributed by atoms with Crippen molar-refractivity contribution in [3.8, 4) is 0 Å². The minimum atomic E-state index is -3.70. The van der Waals surface area contributed by atoms with E-state index in [4.69, 9.17) is 9.47 Å². The lowest BCUT2D eigenvalue weighted by Crippen LogP contribution is -2.41. The number of carbonyl (C=O) groups excluding carboxylic acids is 1. The highest BCUT2D eigenvalue weighted by Gasteiger charge is 2.32. The van der Waals surface area contributed by atoms with Gasteiger partial charge >= 0.3 is 0 Å². The highest BCUT2D eigenvalue weighted by atomic mass is 32.2. The van der Waals surface area contributed by atoms with Gasteiger partial charge in [0.15, 0.2) is 6.29 Å². The number of sulfonamides is 1. The molecule has 2 heterocycles. The maximum absolute atomic E-state index is 12.9. The van der Waals surface area contributed by atoms with Gasteiger partial charge in [-0.2, -0.15) is 0 Å². The van der Waals surface area contributed by atoms with Gasteiger partial charge < -0.3 is 14.4 Å². The molecule has 0 aliphatic carbocycles. The van der Waals surface area contributed by atoms with E-state index >= 15 is 0 Å². The summed E-state index contributed by atoms with van der Waals surface area (Å²) >= 11 is 0. The fourth-order valence-corrected chi connectivity index (χ4v) is 5.11. The molecule has 2 aliphatic heterocycles. The Morgan fingerprint density at radius 3 is 2.17 bits per heavy atom. The zero-order chi connectivity index (χ0) is 21.1. The van der Waals surface area contributed by atoms with Crippen molar-refractivity contribution in [2.45, 2.75) is 24.0 Å². The molecule has 0 spiro atoms. The van der Waals surface area contributed by atoms with Crippen LogP contribution in [0.2, 0.25) is 0 Å². The van der Waals surface area contributed by atoms with E-state index in [-0.39, 0.29) is 17.1 Å². The molecule has 2 saturated heterocycles. The Morgan fingerprint density at radius 2 is 1.57 bits per heavy atom. The second-order valence-electron chi connectivity index (χ2n) is 7.57. The summed E-state index contributed by atoms with van der Waals surface area (Å²) in [4.78, 5) is 14.8. The normalized spacial score (nSPS) is 18.5. The smallest absolute Gasteiger partial charge is 0.264 e. The molecule has 30 heavy (non-hydrogen) atoms. The second-order valence-corrected chi connectivity index (χ2v) is 9.54. The number of piperidine rings is 1. The maximum Gasteiger partial charge on any atom is 0.264 e. The van der Waals surface area contributed by atoms with E-state index in [1.54, 1.807) is 36.4 Å². The van der Waals surface area contributed by atoms with Crippen LogP contribution in [0.4, 0.5) is 5.69 Å². The summed E-state index contributed by atoms with van der Waals surface area (Å²) in [5.74, 6) is 0.236. The molecule has 2 aliphatic rings. The summed E-state index contributed by atoms with van der Waals surface area (Å²) in [5, 5.41) is 0. The number of para-hydroxylation sites is 1. The van der Waals surface area contributed by atoms with Gasteiger partial charge in [0.25, 0.3) is 15.9 Å². The van der Waals surface area contributed by atoms with Crippen LogP contribution < -0.4 is 4.31 Å². The van der Waals surface area contributed by atoms with Crippen molar-refractivity contribution >= 4 is 21.6 Å². The molecule has 2 aromatic carbocycles. The van der Waals surface area contributed by atoms with Crippen molar-refractivity contribution in [1.29, 1.82) is 0 Å². The molecule has 4 rings (SSSR count). The first kappa shape index (κ1) is 20.8. The lowest BCUT2D eigenvalue weighted by Gasteiger charge is -2.33. The predicted octanol–water partition coefficient (Wildman–Crippen LogP) is 2.74. The highest BCUT2D eigenvalue weighted by Crippen LogP contribution is 2.27. The minimum absolute atomic E-state index is 0.0814. The Balaban J connectivity index is 1.41. The van der Waals surface area contributed by atoms with Crippen LogP contribution in [-0.4, -0.2) is 58.9 Å². The van der Waals surface area contributed by atoms with Gasteiger partial charge in [-0.05, 0) is 49.2 Å². The molecule has 2 aromatic rings. The van der Waals surface area contributed by atoms with Gasteiger partial charge in [-0.15, -0.1) is 0 Å². The molecule has 2 fully saturated rings. The Morgan fingerprint density at radius 1 is 0.967 bits per heavy atom. The number of rotatable bonds is 5. The van der Waals surface area contributed by atoms with Crippen LogP contribution in [0.1, 0.15) is 23.2 Å². The summed E-state index contributed by atoms with van der Waals surface area (Å²) in [6, 6.07) is 15.0. The van der Waals surface area contributed by atoms with Crippen LogP contribution in [0, 0.1) is 5.92 Å². The first-order valence-corrected chi connectivity index (χ1v) is 11.6. The highest BCUT2D eigenvalue weighted by molar-refractivity contribution is 7.92. The molecule has 1 amide bonds. The summed E-state index contributed by atoms with van der Waals surface area (Å²) in [5.41, 5.74) is 1.07. The van der Waals surface area contributed by atoms with Crippen LogP contribution in [0.15, 0.2) is 59.5 Å². The quantitative estimate of drug-likeness (QED) is 0.729. The first-order chi connectivity index (χ1) is 14.5. The van der Waals surface area contributed by atoms with Crippen molar-refractivity contribution in [3.63, 3.8) is 0 Å². The molecule has 0 N–H and O–H groups in total. The summed E-state index contributed by atoms with van der Waals surface area (Å²) < 4.78 is 38.2. The maximum atomic E-state index is 12.9. The van der Waals surface area contributed by atoms with Crippen LogP contribution in [0.25, 0.3) is 0 Å². The number of ether oxygens (including phenoxy) is 2. The Bertz CT molecular complexity index is 964. The molecular formula is C22H26N2O5S. The average Bonchev–Trinajstić information content (AvgIpc) is 3.34. The van der Waals surface area contributed by atoms with Crippen LogP contribution in [0.3, 0.4) is 0 Å². The van der Waals surface area contributed by atoms with Crippen molar-refractivity contribution in [2.75, 3.05) is 37.7 Å². The second kappa shape index (κ2) is 8.75. The SMILES string of the molecule is CN(c1ccccc1)S(=O)(=O)c1ccc(C(=O)N2CCC(C3OCCO3)CC2)cc1. The van der Waals surface area contributed by atoms with E-state index in [1.807, 2.05) is 11.0 Å².